The molecule has 0 N–H and O–H groups in total. The molecule has 0 aliphatic rings. The van der Waals surface area contributed by atoms with Gasteiger partial charge in [0, 0.05) is 0 Å². The normalized spacial score (nSPS) is 11.3. The summed E-state index contributed by atoms with van der Waals surface area (Å²) >= 11 is 0. The van der Waals surface area contributed by atoms with Crippen molar-refractivity contribution in [1.82, 2.24) is 0 Å². The Bertz CT molecular complexity index is 259. The van der Waals surface area contributed by atoms with Gasteiger partial charge < -0.3 is 4.74 Å². The van der Waals surface area contributed by atoms with E-state index in [4.69, 9.17) is 10.00 Å². The summed E-state index contributed by atoms with van der Waals surface area (Å²) in [5.74, 6) is -0.553. The van der Waals surface area contributed by atoms with Crippen molar-refractivity contribution in [3.05, 3.63) is 23.8 Å². The summed E-state index contributed by atoms with van der Waals surface area (Å²) in [6.07, 6.45) is 5.57. The SMILES string of the molecule is C/C=C/C=C(\C#N)C(=O)OCCC. The number of esters is 1. The Kier molecular flexibility index (Phi) is 6.26. The molecule has 13 heavy (non-hydrogen) atoms. The summed E-state index contributed by atoms with van der Waals surface area (Å²) in [4.78, 5) is 11.1. The summed E-state index contributed by atoms with van der Waals surface area (Å²) < 4.78 is 4.78. The summed E-state index contributed by atoms with van der Waals surface area (Å²) in [6, 6.07) is 1.78. The molecule has 70 valence electrons. The number of hydrogen-bond donors (Lipinski definition) is 0. The largest absolute Gasteiger partial charge is 0.462 e. The molecule has 0 saturated heterocycles. The van der Waals surface area contributed by atoms with Gasteiger partial charge in [-0.1, -0.05) is 19.1 Å². The van der Waals surface area contributed by atoms with Crippen LogP contribution >= 0.6 is 0 Å². The standard InChI is InChI=1S/C10H13NO2/c1-3-5-6-9(8-11)10(12)13-7-4-2/h3,5-6H,4,7H2,1-2H3/b5-3+,9-6+. The fraction of sp³-hybridized carbons (Fsp3) is 0.400. The second-order valence-electron chi connectivity index (χ2n) is 2.35. The molecule has 0 heterocycles. The maximum Gasteiger partial charge on any atom is 0.348 e. The molecular formula is C10H13NO2. The third-order valence-electron chi connectivity index (χ3n) is 1.23. The van der Waals surface area contributed by atoms with Gasteiger partial charge in [-0.25, -0.2) is 4.79 Å². The number of hydrogen-bond acceptors (Lipinski definition) is 3. The highest BCUT2D eigenvalue weighted by atomic mass is 16.5. The summed E-state index contributed by atoms with van der Waals surface area (Å²) in [7, 11) is 0. The molecule has 0 aromatic carbocycles. The van der Waals surface area contributed by atoms with E-state index in [1.54, 1.807) is 18.2 Å². The van der Waals surface area contributed by atoms with Gasteiger partial charge in [-0.3, -0.25) is 0 Å². The van der Waals surface area contributed by atoms with Crippen molar-refractivity contribution in [2.24, 2.45) is 0 Å². The Labute approximate surface area is 78.3 Å². The molecule has 0 fully saturated rings. The third-order valence-corrected chi connectivity index (χ3v) is 1.23. The van der Waals surface area contributed by atoms with Gasteiger partial charge in [-0.05, 0) is 19.4 Å². The van der Waals surface area contributed by atoms with Crippen molar-refractivity contribution in [2.45, 2.75) is 20.3 Å². The highest BCUT2D eigenvalue weighted by Crippen LogP contribution is 1.97. The summed E-state index contributed by atoms with van der Waals surface area (Å²) in [5.41, 5.74) is 0.0338. The monoisotopic (exact) mass is 179 g/mol. The van der Waals surface area contributed by atoms with Crippen LogP contribution in [0.1, 0.15) is 20.3 Å². The highest BCUT2D eigenvalue weighted by Gasteiger charge is 2.07. The average molecular weight is 179 g/mol. The van der Waals surface area contributed by atoms with E-state index < -0.39 is 5.97 Å². The summed E-state index contributed by atoms with van der Waals surface area (Å²) in [5, 5.41) is 8.57. The van der Waals surface area contributed by atoms with Gasteiger partial charge in [0.15, 0.2) is 0 Å². The molecule has 0 aliphatic heterocycles. The zero-order valence-corrected chi connectivity index (χ0v) is 7.91. The molecule has 0 unspecified atom stereocenters. The van der Waals surface area contributed by atoms with Crippen LogP contribution in [0.2, 0.25) is 0 Å². The van der Waals surface area contributed by atoms with Crippen LogP contribution in [0.3, 0.4) is 0 Å². The van der Waals surface area contributed by atoms with Crippen molar-refractivity contribution in [1.29, 1.82) is 5.26 Å². The minimum Gasteiger partial charge on any atom is -0.462 e. The quantitative estimate of drug-likeness (QED) is 0.287. The zero-order chi connectivity index (χ0) is 10.1. The molecule has 3 heteroatoms. The Balaban J connectivity index is 4.26. The van der Waals surface area contributed by atoms with Gasteiger partial charge in [-0.15, -0.1) is 0 Å². The van der Waals surface area contributed by atoms with E-state index in [2.05, 4.69) is 0 Å². The predicted octanol–water partition coefficient (Wildman–Crippen LogP) is 1.97. The van der Waals surface area contributed by atoms with Crippen LogP contribution in [0.25, 0.3) is 0 Å². The highest BCUT2D eigenvalue weighted by molar-refractivity contribution is 5.93. The van der Waals surface area contributed by atoms with E-state index in [0.29, 0.717) is 6.61 Å². The molecular weight excluding hydrogens is 166 g/mol. The maximum absolute atomic E-state index is 11.1. The smallest absolute Gasteiger partial charge is 0.348 e. The number of carbonyl (C=O) groups excluding carboxylic acids is 1. The minimum absolute atomic E-state index is 0.0338. The first-order valence-electron chi connectivity index (χ1n) is 4.16. The molecule has 0 rings (SSSR count). The molecule has 0 saturated carbocycles. The lowest BCUT2D eigenvalue weighted by Crippen LogP contribution is -2.07. The molecule has 0 atom stereocenters. The van der Waals surface area contributed by atoms with Crippen LogP contribution in [0.5, 0.6) is 0 Å². The van der Waals surface area contributed by atoms with E-state index in [1.807, 2.05) is 13.8 Å². The van der Waals surface area contributed by atoms with E-state index >= 15 is 0 Å². The molecule has 0 amide bonds. The Hall–Kier alpha value is -1.56. The molecule has 3 nitrogen and oxygen atoms in total. The lowest BCUT2D eigenvalue weighted by atomic mass is 10.2. The Morgan fingerprint density at radius 3 is 2.77 bits per heavy atom. The second kappa shape index (κ2) is 7.11. The predicted molar refractivity (Wildman–Crippen MR) is 49.8 cm³/mol. The van der Waals surface area contributed by atoms with Gasteiger partial charge >= 0.3 is 5.97 Å². The van der Waals surface area contributed by atoms with Crippen molar-refractivity contribution in [3.8, 4) is 6.07 Å². The van der Waals surface area contributed by atoms with Gasteiger partial charge in [0.2, 0.25) is 0 Å². The number of allylic oxidation sites excluding steroid dienone is 3. The Morgan fingerprint density at radius 2 is 2.31 bits per heavy atom. The first-order chi connectivity index (χ1) is 6.26. The molecule has 0 aromatic heterocycles. The van der Waals surface area contributed by atoms with Crippen LogP contribution in [0.4, 0.5) is 0 Å². The zero-order valence-electron chi connectivity index (χ0n) is 7.91. The fourth-order valence-electron chi connectivity index (χ4n) is 0.616. The van der Waals surface area contributed by atoms with E-state index in [9.17, 15) is 4.79 Å². The van der Waals surface area contributed by atoms with Crippen LogP contribution in [0.15, 0.2) is 23.8 Å². The lowest BCUT2D eigenvalue weighted by Gasteiger charge is -1.99. The fourth-order valence-corrected chi connectivity index (χ4v) is 0.616. The van der Waals surface area contributed by atoms with Gasteiger partial charge in [0.1, 0.15) is 11.6 Å². The summed E-state index contributed by atoms with van der Waals surface area (Å²) in [6.45, 7) is 4.06. The van der Waals surface area contributed by atoms with Crippen LogP contribution in [-0.4, -0.2) is 12.6 Å². The number of carbonyl (C=O) groups is 1. The molecule has 0 aliphatic carbocycles. The topological polar surface area (TPSA) is 50.1 Å². The van der Waals surface area contributed by atoms with Gasteiger partial charge in [0.05, 0.1) is 6.61 Å². The van der Waals surface area contributed by atoms with Crippen molar-refractivity contribution < 1.29 is 9.53 Å². The lowest BCUT2D eigenvalue weighted by molar-refractivity contribution is -0.138. The van der Waals surface area contributed by atoms with Crippen LogP contribution < -0.4 is 0 Å². The second-order valence-corrected chi connectivity index (χ2v) is 2.35. The van der Waals surface area contributed by atoms with Crippen molar-refractivity contribution >= 4 is 5.97 Å². The number of rotatable bonds is 4. The van der Waals surface area contributed by atoms with Crippen molar-refractivity contribution in [3.63, 3.8) is 0 Å². The van der Waals surface area contributed by atoms with Gasteiger partial charge in [0.25, 0.3) is 0 Å². The van der Waals surface area contributed by atoms with E-state index in [0.717, 1.165) is 6.42 Å². The Morgan fingerprint density at radius 1 is 1.62 bits per heavy atom. The van der Waals surface area contributed by atoms with Crippen LogP contribution in [-0.2, 0) is 9.53 Å². The van der Waals surface area contributed by atoms with Gasteiger partial charge in [-0.2, -0.15) is 5.26 Å². The van der Waals surface area contributed by atoms with E-state index in [1.165, 1.54) is 6.08 Å². The maximum atomic E-state index is 11.1. The molecule has 0 aromatic rings. The average Bonchev–Trinajstić information content (AvgIpc) is 2.16. The van der Waals surface area contributed by atoms with E-state index in [-0.39, 0.29) is 5.57 Å². The molecule has 0 spiro atoms. The third kappa shape index (κ3) is 4.81. The first kappa shape index (κ1) is 11.4. The minimum atomic E-state index is -0.553. The number of nitriles is 1. The van der Waals surface area contributed by atoms with Crippen LogP contribution in [0, 0.1) is 11.3 Å². The molecule has 0 radical (unpaired) electrons. The van der Waals surface area contributed by atoms with Crippen molar-refractivity contribution in [2.75, 3.05) is 6.61 Å². The number of ether oxygens (including phenoxy) is 1. The first-order valence-corrected chi connectivity index (χ1v) is 4.16. The number of nitrogens with zero attached hydrogens (tertiary/aromatic N) is 1. The molecule has 0 bridgehead atoms.